The maximum atomic E-state index is 14.9. The van der Waals surface area contributed by atoms with Crippen molar-refractivity contribution in [2.45, 2.75) is 61.1 Å². The number of carbonyl (C=O) groups is 1. The summed E-state index contributed by atoms with van der Waals surface area (Å²) in [7, 11) is -4.55. The van der Waals surface area contributed by atoms with Gasteiger partial charge in [-0.2, -0.15) is 4.31 Å². The molecule has 40 heavy (non-hydrogen) atoms. The van der Waals surface area contributed by atoms with Gasteiger partial charge in [0.05, 0.1) is 12.1 Å². The Balaban J connectivity index is 1.44. The highest BCUT2D eigenvalue weighted by Gasteiger charge is 2.60. The van der Waals surface area contributed by atoms with Crippen LogP contribution in [0.25, 0.3) is 0 Å². The summed E-state index contributed by atoms with van der Waals surface area (Å²) >= 11 is 0. The van der Waals surface area contributed by atoms with Crippen molar-refractivity contribution in [3.05, 3.63) is 65.5 Å². The number of amides is 1. The molecule has 5 rings (SSSR count). The molecule has 2 atom stereocenters. The average molecular weight is 582 g/mol. The number of aliphatic hydroxyl groups excluding tert-OH is 1. The molecular weight excluding hydrogens is 547 g/mol. The van der Waals surface area contributed by atoms with E-state index >= 15 is 0 Å². The summed E-state index contributed by atoms with van der Waals surface area (Å²) in [5.41, 5.74) is -0.683. The number of carbonyl (C=O) groups excluding carboxylic acids is 1. The van der Waals surface area contributed by atoms with Gasteiger partial charge in [0, 0.05) is 45.4 Å². The number of ether oxygens (including phenoxy) is 1. The van der Waals surface area contributed by atoms with Gasteiger partial charge in [0.15, 0.2) is 0 Å². The van der Waals surface area contributed by atoms with E-state index in [1.807, 2.05) is 0 Å². The van der Waals surface area contributed by atoms with Crippen LogP contribution in [0.15, 0.2) is 47.4 Å². The van der Waals surface area contributed by atoms with Crippen molar-refractivity contribution < 1.29 is 36.2 Å². The minimum absolute atomic E-state index is 0.101. The van der Waals surface area contributed by atoms with Gasteiger partial charge in [0.1, 0.15) is 27.9 Å². The van der Waals surface area contributed by atoms with Crippen LogP contribution in [0.4, 0.5) is 18.0 Å². The van der Waals surface area contributed by atoms with Crippen LogP contribution in [0.5, 0.6) is 0 Å². The Morgan fingerprint density at radius 2 is 1.73 bits per heavy atom. The maximum Gasteiger partial charge on any atom is 0.410 e. The van der Waals surface area contributed by atoms with Crippen LogP contribution < -0.4 is 0 Å². The third-order valence-corrected chi connectivity index (χ3v) is 10.1. The van der Waals surface area contributed by atoms with Crippen LogP contribution in [0, 0.1) is 17.5 Å². The van der Waals surface area contributed by atoms with Gasteiger partial charge < -0.3 is 14.7 Å². The molecule has 218 valence electrons. The summed E-state index contributed by atoms with van der Waals surface area (Å²) < 4.78 is 78.2. The van der Waals surface area contributed by atoms with E-state index in [0.717, 1.165) is 18.7 Å². The lowest BCUT2D eigenvalue weighted by atomic mass is 9.90. The number of nitrogens with zero attached hydrogens (tertiary/aromatic N) is 3. The molecule has 2 aromatic rings. The summed E-state index contributed by atoms with van der Waals surface area (Å²) in [4.78, 5) is 16.3. The Bertz CT molecular complexity index is 1330. The second kappa shape index (κ2) is 11.7. The first kappa shape index (κ1) is 28.8. The molecule has 2 saturated heterocycles. The highest BCUT2D eigenvalue weighted by atomic mass is 32.2. The lowest BCUT2D eigenvalue weighted by Crippen LogP contribution is -2.55. The number of hydrogen-bond acceptors (Lipinski definition) is 6. The summed E-state index contributed by atoms with van der Waals surface area (Å²) in [6, 6.07) is 6.32. The number of rotatable bonds is 8. The summed E-state index contributed by atoms with van der Waals surface area (Å²) in [6.07, 6.45) is 2.32. The highest BCUT2D eigenvalue weighted by Crippen LogP contribution is 2.52. The molecule has 1 N–H and O–H groups in total. The molecule has 2 heterocycles. The predicted octanol–water partition coefficient (Wildman–Crippen LogP) is 4.06. The SMILES string of the molecule is O=C(OC1([C@H]2CCC[C@@H](c3cccc(F)c3)N2S(=O)(=O)c2ccc(F)cc2F)CC1)N1CCN(CCCO)CC1. The number of halogens is 3. The van der Waals surface area contributed by atoms with Crippen molar-refractivity contribution in [3.8, 4) is 0 Å². The van der Waals surface area contributed by atoms with E-state index in [1.54, 1.807) is 11.0 Å². The largest absolute Gasteiger partial charge is 0.441 e. The van der Waals surface area contributed by atoms with Crippen molar-refractivity contribution in [2.24, 2.45) is 0 Å². The number of hydrogen-bond donors (Lipinski definition) is 1. The maximum absolute atomic E-state index is 14.9. The van der Waals surface area contributed by atoms with Gasteiger partial charge in [-0.3, -0.25) is 4.90 Å². The number of aliphatic hydroxyl groups is 1. The lowest BCUT2D eigenvalue weighted by Gasteiger charge is -2.45. The first-order valence-electron chi connectivity index (χ1n) is 13.7. The van der Waals surface area contributed by atoms with Crippen molar-refractivity contribution in [1.82, 2.24) is 14.1 Å². The molecular formula is C28H34F3N3O5S. The Morgan fingerprint density at radius 1 is 1.00 bits per heavy atom. The summed E-state index contributed by atoms with van der Waals surface area (Å²) in [5.74, 6) is -2.66. The molecule has 3 aliphatic rings. The van der Waals surface area contributed by atoms with Gasteiger partial charge >= 0.3 is 6.09 Å². The minimum atomic E-state index is -4.55. The molecule has 8 nitrogen and oxygen atoms in total. The minimum Gasteiger partial charge on any atom is -0.441 e. The Hall–Kier alpha value is -2.67. The first-order chi connectivity index (χ1) is 19.1. The molecule has 0 unspecified atom stereocenters. The quantitative estimate of drug-likeness (QED) is 0.506. The van der Waals surface area contributed by atoms with Gasteiger partial charge in [-0.15, -0.1) is 0 Å². The topological polar surface area (TPSA) is 90.4 Å². The second-order valence-corrected chi connectivity index (χ2v) is 12.6. The third kappa shape index (κ3) is 5.86. The number of sulfonamides is 1. The van der Waals surface area contributed by atoms with Crippen molar-refractivity contribution in [3.63, 3.8) is 0 Å². The van der Waals surface area contributed by atoms with Gasteiger partial charge in [-0.25, -0.2) is 26.4 Å². The summed E-state index contributed by atoms with van der Waals surface area (Å²) in [5, 5.41) is 9.07. The van der Waals surface area contributed by atoms with Crippen LogP contribution in [0.1, 0.15) is 50.1 Å². The zero-order valence-corrected chi connectivity index (χ0v) is 23.0. The molecule has 0 bridgehead atoms. The smallest absolute Gasteiger partial charge is 0.410 e. The van der Waals surface area contributed by atoms with Gasteiger partial charge in [0.25, 0.3) is 0 Å². The van der Waals surface area contributed by atoms with Crippen LogP contribution in [-0.4, -0.2) is 84.7 Å². The fourth-order valence-corrected chi connectivity index (χ4v) is 7.91. The molecule has 1 amide bonds. The lowest BCUT2D eigenvalue weighted by molar-refractivity contribution is -0.0142. The van der Waals surface area contributed by atoms with Crippen molar-refractivity contribution in [1.29, 1.82) is 0 Å². The highest BCUT2D eigenvalue weighted by molar-refractivity contribution is 7.89. The molecule has 0 aromatic heterocycles. The molecule has 1 saturated carbocycles. The number of benzene rings is 2. The van der Waals surface area contributed by atoms with E-state index in [9.17, 15) is 26.4 Å². The fourth-order valence-electron chi connectivity index (χ4n) is 5.94. The second-order valence-electron chi connectivity index (χ2n) is 10.8. The molecule has 3 fully saturated rings. The molecule has 0 radical (unpaired) electrons. The first-order valence-corrected chi connectivity index (χ1v) is 15.1. The summed E-state index contributed by atoms with van der Waals surface area (Å²) in [6.45, 7) is 3.00. The van der Waals surface area contributed by atoms with Crippen LogP contribution in [0.3, 0.4) is 0 Å². The molecule has 12 heteroatoms. The standard InChI is InChI=1S/C28H34F3N3O5S/c29-21-5-1-4-20(18-21)24-6-2-7-26(34(24)40(37,38)25-9-8-22(30)19-23(25)31)28(10-11-28)39-27(36)33-15-13-32(14-16-33)12-3-17-35/h1,4-5,8-9,18-19,24,26,35H,2-3,6-7,10-17H2/t24-,26+/m0/s1. The zero-order valence-electron chi connectivity index (χ0n) is 22.1. The fraction of sp³-hybridized carbons (Fsp3) is 0.536. The monoisotopic (exact) mass is 581 g/mol. The van der Waals surface area contributed by atoms with E-state index in [4.69, 9.17) is 9.84 Å². The van der Waals surface area contributed by atoms with E-state index < -0.39 is 56.1 Å². The average Bonchev–Trinajstić information content (AvgIpc) is 3.72. The van der Waals surface area contributed by atoms with Crippen LogP contribution in [0.2, 0.25) is 0 Å². The van der Waals surface area contributed by atoms with Crippen molar-refractivity contribution >= 4 is 16.1 Å². The van der Waals surface area contributed by atoms with E-state index in [1.165, 1.54) is 22.5 Å². The van der Waals surface area contributed by atoms with E-state index in [0.29, 0.717) is 76.3 Å². The normalized spacial score (nSPS) is 23.6. The molecule has 1 aliphatic carbocycles. The zero-order chi connectivity index (χ0) is 28.5. The molecule has 2 aromatic carbocycles. The molecule has 2 aliphatic heterocycles. The predicted molar refractivity (Wildman–Crippen MR) is 140 cm³/mol. The third-order valence-electron chi connectivity index (χ3n) is 8.16. The van der Waals surface area contributed by atoms with Gasteiger partial charge in [-0.1, -0.05) is 12.1 Å². The van der Waals surface area contributed by atoms with Crippen LogP contribution >= 0.6 is 0 Å². The number of piperazine rings is 1. The van der Waals surface area contributed by atoms with Crippen molar-refractivity contribution in [2.75, 3.05) is 39.3 Å². The van der Waals surface area contributed by atoms with E-state index in [2.05, 4.69) is 4.90 Å². The Kier molecular flexibility index (Phi) is 8.42. The van der Waals surface area contributed by atoms with Gasteiger partial charge in [0.2, 0.25) is 10.0 Å². The Labute approximate surface area is 232 Å². The van der Waals surface area contributed by atoms with Crippen LogP contribution in [-0.2, 0) is 14.8 Å². The van der Waals surface area contributed by atoms with Gasteiger partial charge in [-0.05, 0) is 68.4 Å². The molecule has 0 spiro atoms. The van der Waals surface area contributed by atoms with E-state index in [-0.39, 0.29) is 6.61 Å². The Morgan fingerprint density at radius 3 is 2.38 bits per heavy atom. The number of piperidine rings is 1.